The summed E-state index contributed by atoms with van der Waals surface area (Å²) < 4.78 is 0. The Balaban J connectivity index is 1.83. The van der Waals surface area contributed by atoms with Gasteiger partial charge in [0.1, 0.15) is 11.5 Å². The van der Waals surface area contributed by atoms with Crippen LogP contribution in [0.25, 0.3) is 0 Å². The number of carboxylic acid groups (broad SMARTS) is 1. The molecule has 2 N–H and O–H groups in total. The summed E-state index contributed by atoms with van der Waals surface area (Å²) in [6.07, 6.45) is 2.12. The van der Waals surface area contributed by atoms with Gasteiger partial charge >= 0.3 is 5.97 Å². The first-order valence-corrected chi connectivity index (χ1v) is 7.30. The fourth-order valence-electron chi connectivity index (χ4n) is 1.99. The number of aliphatic carboxylic acids is 1. The quantitative estimate of drug-likeness (QED) is 0.784. The van der Waals surface area contributed by atoms with E-state index in [1.54, 1.807) is 0 Å². The molecule has 1 unspecified atom stereocenters. The second kappa shape index (κ2) is 6.58. The Morgan fingerprint density at radius 2 is 1.81 bits per heavy atom. The van der Waals surface area contributed by atoms with Crippen molar-refractivity contribution < 1.29 is 24.6 Å². The van der Waals surface area contributed by atoms with Crippen LogP contribution in [0.2, 0.25) is 0 Å². The molecule has 110 valence electrons. The van der Waals surface area contributed by atoms with Crippen LogP contribution in [0.4, 0.5) is 0 Å². The van der Waals surface area contributed by atoms with Crippen molar-refractivity contribution in [1.29, 1.82) is 0 Å². The van der Waals surface area contributed by atoms with Gasteiger partial charge in [-0.05, 0) is 30.7 Å². The second-order valence-corrected chi connectivity index (χ2v) is 5.90. The third kappa shape index (κ3) is 3.95. The first-order valence-electron chi connectivity index (χ1n) is 6.42. The lowest BCUT2D eigenvalue weighted by Gasteiger charge is -2.07. The number of Topliss-reactive ketones (excluding diaryl/α,β-unsaturated/α-hetero) is 2. The van der Waals surface area contributed by atoms with Crippen LogP contribution >= 0.6 is 11.8 Å². The molecule has 1 aliphatic heterocycles. The molecule has 0 saturated heterocycles. The van der Waals surface area contributed by atoms with Gasteiger partial charge in [-0.3, -0.25) is 9.59 Å². The van der Waals surface area contributed by atoms with Crippen molar-refractivity contribution in [3.05, 3.63) is 40.8 Å². The normalized spacial score (nSPS) is 17.3. The van der Waals surface area contributed by atoms with E-state index in [0.717, 1.165) is 11.8 Å². The van der Waals surface area contributed by atoms with Crippen LogP contribution in [0, 0.1) is 0 Å². The van der Waals surface area contributed by atoms with Gasteiger partial charge in [-0.2, -0.15) is 0 Å². The molecule has 2 rings (SSSR count). The molecule has 21 heavy (non-hydrogen) atoms. The number of rotatable bonds is 6. The number of aromatic hydroxyl groups is 1. The highest BCUT2D eigenvalue weighted by molar-refractivity contribution is 8.05. The first kappa shape index (κ1) is 15.3. The van der Waals surface area contributed by atoms with Crippen LogP contribution in [-0.4, -0.2) is 33.0 Å². The molecule has 1 heterocycles. The third-order valence-corrected chi connectivity index (χ3v) is 4.48. The maximum atomic E-state index is 12.0. The van der Waals surface area contributed by atoms with E-state index in [0.29, 0.717) is 12.0 Å². The zero-order chi connectivity index (χ0) is 15.4. The van der Waals surface area contributed by atoms with Gasteiger partial charge in [0, 0.05) is 18.4 Å². The Kier molecular flexibility index (Phi) is 4.80. The number of hydrogen-bond acceptors (Lipinski definition) is 5. The fourth-order valence-corrected chi connectivity index (χ4v) is 3.03. The summed E-state index contributed by atoms with van der Waals surface area (Å²) in [6.45, 7) is 0. The number of carbonyl (C=O) groups is 3. The predicted octanol–water partition coefficient (Wildman–Crippen LogP) is 2.40. The number of phenols is 1. The number of carbonyl (C=O) groups excluding carboxylic acids is 2. The van der Waals surface area contributed by atoms with E-state index < -0.39 is 11.2 Å². The van der Waals surface area contributed by atoms with Crippen LogP contribution in [0.1, 0.15) is 29.6 Å². The minimum Gasteiger partial charge on any atom is -0.508 e. The van der Waals surface area contributed by atoms with E-state index in [2.05, 4.69) is 0 Å². The summed E-state index contributed by atoms with van der Waals surface area (Å²) in [7, 11) is 0. The molecule has 0 saturated carbocycles. The zero-order valence-electron chi connectivity index (χ0n) is 11.1. The van der Waals surface area contributed by atoms with Gasteiger partial charge in [0.15, 0.2) is 5.78 Å². The lowest BCUT2D eigenvalue weighted by molar-refractivity contribution is -0.131. The summed E-state index contributed by atoms with van der Waals surface area (Å²) in [4.78, 5) is 34.8. The molecule has 0 aromatic heterocycles. The van der Waals surface area contributed by atoms with Crippen molar-refractivity contribution in [3.8, 4) is 5.75 Å². The van der Waals surface area contributed by atoms with Gasteiger partial charge in [0.25, 0.3) is 0 Å². The molecule has 1 aromatic carbocycles. The molecular weight excluding hydrogens is 292 g/mol. The highest BCUT2D eigenvalue weighted by atomic mass is 32.2. The molecule has 1 aliphatic rings. The minimum atomic E-state index is -1.02. The molecule has 1 aromatic rings. The second-order valence-electron chi connectivity index (χ2n) is 4.65. The number of allylic oxidation sites excluding steroid dienone is 1. The van der Waals surface area contributed by atoms with E-state index >= 15 is 0 Å². The fraction of sp³-hybridized carbons (Fsp3) is 0.267. The van der Waals surface area contributed by atoms with E-state index in [1.807, 2.05) is 0 Å². The van der Waals surface area contributed by atoms with Crippen molar-refractivity contribution in [2.45, 2.75) is 24.5 Å². The smallest absolute Gasteiger partial charge is 0.341 e. The van der Waals surface area contributed by atoms with E-state index in [4.69, 9.17) is 10.2 Å². The Morgan fingerprint density at radius 3 is 2.38 bits per heavy atom. The van der Waals surface area contributed by atoms with Gasteiger partial charge in [0.05, 0.1) is 10.2 Å². The number of benzene rings is 1. The summed E-state index contributed by atoms with van der Waals surface area (Å²) in [5.41, 5.74) is 0.448. The Hall–Kier alpha value is -2.08. The molecule has 0 fully saturated rings. The van der Waals surface area contributed by atoms with E-state index in [-0.39, 0.29) is 35.1 Å². The predicted molar refractivity (Wildman–Crippen MR) is 78.4 cm³/mol. The average molecular weight is 306 g/mol. The van der Waals surface area contributed by atoms with Gasteiger partial charge in [0.2, 0.25) is 0 Å². The van der Waals surface area contributed by atoms with Crippen molar-refractivity contribution in [3.63, 3.8) is 0 Å². The van der Waals surface area contributed by atoms with Crippen LogP contribution in [0.5, 0.6) is 5.75 Å². The van der Waals surface area contributed by atoms with Gasteiger partial charge < -0.3 is 10.2 Å². The number of phenolic OH excluding ortho intramolecular Hbond substituents is 1. The van der Waals surface area contributed by atoms with E-state index in [1.165, 1.54) is 30.3 Å². The maximum Gasteiger partial charge on any atom is 0.341 e. The van der Waals surface area contributed by atoms with Crippen molar-refractivity contribution in [1.82, 2.24) is 0 Å². The maximum absolute atomic E-state index is 12.0. The van der Waals surface area contributed by atoms with E-state index in [9.17, 15) is 14.4 Å². The molecule has 0 amide bonds. The number of hydrogen-bond donors (Lipinski definition) is 2. The molecule has 5 nitrogen and oxygen atoms in total. The Labute approximate surface area is 125 Å². The van der Waals surface area contributed by atoms with Crippen LogP contribution in [0.15, 0.2) is 35.2 Å². The Morgan fingerprint density at radius 1 is 1.14 bits per heavy atom. The molecular formula is C15H14O5S. The molecule has 0 radical (unpaired) electrons. The lowest BCUT2D eigenvalue weighted by Crippen LogP contribution is -2.16. The summed E-state index contributed by atoms with van der Waals surface area (Å²) in [5.74, 6) is -1.22. The SMILES string of the molecule is O=C(O)C1=CCC(C(=O)CCC(=O)c2ccc(O)cc2)S1. The number of carboxylic acids is 1. The molecule has 1 atom stereocenters. The number of thioether (sulfide) groups is 1. The van der Waals surface area contributed by atoms with Gasteiger partial charge in [-0.25, -0.2) is 4.79 Å². The van der Waals surface area contributed by atoms with Gasteiger partial charge in [-0.15, -0.1) is 11.8 Å². The summed E-state index contributed by atoms with van der Waals surface area (Å²) in [6, 6.07) is 5.86. The highest BCUT2D eigenvalue weighted by Crippen LogP contribution is 2.33. The number of ketones is 2. The van der Waals surface area contributed by atoms with Gasteiger partial charge in [-0.1, -0.05) is 6.08 Å². The first-order chi connectivity index (χ1) is 9.97. The topological polar surface area (TPSA) is 91.7 Å². The van der Waals surface area contributed by atoms with Crippen LogP contribution in [0.3, 0.4) is 0 Å². The van der Waals surface area contributed by atoms with Crippen molar-refractivity contribution in [2.24, 2.45) is 0 Å². The summed E-state index contributed by atoms with van der Waals surface area (Å²) >= 11 is 1.04. The van der Waals surface area contributed by atoms with Crippen molar-refractivity contribution >= 4 is 29.3 Å². The van der Waals surface area contributed by atoms with Crippen molar-refractivity contribution in [2.75, 3.05) is 0 Å². The third-order valence-electron chi connectivity index (χ3n) is 3.14. The van der Waals surface area contributed by atoms with Crippen LogP contribution in [-0.2, 0) is 9.59 Å². The highest BCUT2D eigenvalue weighted by Gasteiger charge is 2.27. The lowest BCUT2D eigenvalue weighted by atomic mass is 10.0. The average Bonchev–Trinajstić information content (AvgIpc) is 2.95. The molecule has 0 spiro atoms. The largest absolute Gasteiger partial charge is 0.508 e. The molecule has 0 bridgehead atoms. The minimum absolute atomic E-state index is 0.0808. The Bertz CT molecular complexity index is 603. The molecule has 0 aliphatic carbocycles. The zero-order valence-corrected chi connectivity index (χ0v) is 11.9. The summed E-state index contributed by atoms with van der Waals surface area (Å²) in [5, 5.41) is 17.6. The molecule has 6 heteroatoms. The monoisotopic (exact) mass is 306 g/mol. The van der Waals surface area contributed by atoms with Crippen LogP contribution < -0.4 is 0 Å². The standard InChI is InChI=1S/C15H14O5S/c16-10-3-1-9(2-4-10)11(17)5-6-12(18)13-7-8-14(21-13)15(19)20/h1-4,8,13,16H,5-7H2,(H,19,20).